The Morgan fingerprint density at radius 3 is 2.61 bits per heavy atom. The molecule has 4 rings (SSSR count). The zero-order valence-corrected chi connectivity index (χ0v) is 13.4. The Morgan fingerprint density at radius 1 is 1.17 bits per heavy atom. The molecule has 1 fully saturated rings. The number of carbonyl (C=O) groups excluding carboxylic acids is 1. The zero-order chi connectivity index (χ0) is 15.8. The number of nitrogens with zero attached hydrogens (tertiary/aromatic N) is 3. The minimum absolute atomic E-state index is 0.305. The van der Waals surface area contributed by atoms with Crippen molar-refractivity contribution in [3.05, 3.63) is 40.8 Å². The third-order valence-electron chi connectivity index (χ3n) is 4.44. The molecule has 1 aliphatic carbocycles. The van der Waals surface area contributed by atoms with E-state index in [9.17, 15) is 9.18 Å². The summed E-state index contributed by atoms with van der Waals surface area (Å²) in [7, 11) is 0. The summed E-state index contributed by atoms with van der Waals surface area (Å²) in [6.07, 6.45) is 6.90. The molecule has 3 aromatic rings. The lowest BCUT2D eigenvalue weighted by Gasteiger charge is -2.18. The lowest BCUT2D eigenvalue weighted by Crippen LogP contribution is -2.05. The summed E-state index contributed by atoms with van der Waals surface area (Å²) in [5, 5.41) is 5.71. The average molecular weight is 329 g/mol. The van der Waals surface area contributed by atoms with E-state index in [0.717, 1.165) is 34.7 Å². The third kappa shape index (κ3) is 2.57. The lowest BCUT2D eigenvalue weighted by atomic mass is 9.90. The van der Waals surface area contributed by atoms with E-state index in [1.807, 2.05) is 0 Å². The van der Waals surface area contributed by atoms with E-state index in [0.29, 0.717) is 17.3 Å². The first kappa shape index (κ1) is 14.5. The Morgan fingerprint density at radius 2 is 1.91 bits per heavy atom. The van der Waals surface area contributed by atoms with E-state index >= 15 is 0 Å². The molecule has 2 aromatic heterocycles. The Bertz CT molecular complexity index is 847. The van der Waals surface area contributed by atoms with Crippen molar-refractivity contribution in [3.8, 4) is 11.3 Å². The minimum atomic E-state index is -0.305. The summed E-state index contributed by atoms with van der Waals surface area (Å²) >= 11 is 1.56. The second-order valence-electron chi connectivity index (χ2n) is 5.94. The molecule has 0 aliphatic heterocycles. The van der Waals surface area contributed by atoms with Gasteiger partial charge in [0.15, 0.2) is 6.29 Å². The van der Waals surface area contributed by atoms with Crippen LogP contribution in [0.1, 0.15) is 53.5 Å². The molecule has 0 N–H and O–H groups in total. The number of hydrogen-bond acceptors (Lipinski definition) is 4. The molecule has 4 nitrogen and oxygen atoms in total. The normalized spacial score (nSPS) is 16.0. The molecule has 0 atom stereocenters. The first-order valence-corrected chi connectivity index (χ1v) is 8.68. The lowest BCUT2D eigenvalue weighted by molar-refractivity contribution is 0.111. The zero-order valence-electron chi connectivity index (χ0n) is 12.5. The number of fused-ring (bicyclic) bond motifs is 1. The van der Waals surface area contributed by atoms with Gasteiger partial charge in [-0.3, -0.25) is 4.79 Å². The van der Waals surface area contributed by atoms with Crippen LogP contribution in [0.3, 0.4) is 0 Å². The fourth-order valence-corrected chi connectivity index (χ4v) is 4.29. The van der Waals surface area contributed by atoms with Gasteiger partial charge >= 0.3 is 0 Å². The first-order chi connectivity index (χ1) is 11.3. The molecule has 1 saturated carbocycles. The first-order valence-electron chi connectivity index (χ1n) is 7.87. The number of imidazole rings is 1. The highest BCUT2D eigenvalue weighted by Gasteiger charge is 2.23. The van der Waals surface area contributed by atoms with Gasteiger partial charge in [0, 0.05) is 11.5 Å². The van der Waals surface area contributed by atoms with Gasteiger partial charge < -0.3 is 0 Å². The largest absolute Gasteiger partial charge is 0.296 e. The van der Waals surface area contributed by atoms with Crippen molar-refractivity contribution in [2.45, 2.75) is 38.0 Å². The highest BCUT2D eigenvalue weighted by atomic mass is 32.1. The maximum Gasteiger partial charge on any atom is 0.213 e. The van der Waals surface area contributed by atoms with E-state index < -0.39 is 0 Å². The molecule has 1 aliphatic rings. The Kier molecular flexibility index (Phi) is 3.69. The van der Waals surface area contributed by atoms with Crippen LogP contribution >= 0.6 is 11.3 Å². The van der Waals surface area contributed by atoms with Gasteiger partial charge in [-0.1, -0.05) is 30.6 Å². The molecule has 118 valence electrons. The highest BCUT2D eigenvalue weighted by molar-refractivity contribution is 7.16. The number of carbonyl (C=O) groups is 1. The summed E-state index contributed by atoms with van der Waals surface area (Å²) < 4.78 is 14.7. The van der Waals surface area contributed by atoms with Crippen molar-refractivity contribution < 1.29 is 9.18 Å². The summed E-state index contributed by atoms with van der Waals surface area (Å²) in [5.74, 6) is 0.185. The van der Waals surface area contributed by atoms with Gasteiger partial charge in [-0.15, -0.1) is 0 Å². The van der Waals surface area contributed by atoms with Crippen LogP contribution in [0, 0.1) is 5.82 Å². The van der Waals surface area contributed by atoms with Crippen molar-refractivity contribution >= 4 is 22.6 Å². The summed E-state index contributed by atoms with van der Waals surface area (Å²) in [4.78, 5) is 16.9. The fourth-order valence-electron chi connectivity index (χ4n) is 3.22. The number of halogens is 1. The van der Waals surface area contributed by atoms with Crippen molar-refractivity contribution in [1.82, 2.24) is 14.6 Å². The van der Waals surface area contributed by atoms with Crippen LogP contribution in [0.5, 0.6) is 0 Å². The molecular weight excluding hydrogens is 313 g/mol. The van der Waals surface area contributed by atoms with Crippen LogP contribution in [0.15, 0.2) is 24.3 Å². The van der Waals surface area contributed by atoms with Crippen LogP contribution in [0.25, 0.3) is 16.2 Å². The molecule has 2 heterocycles. The molecule has 1 aromatic carbocycles. The maximum atomic E-state index is 13.1. The van der Waals surface area contributed by atoms with Crippen LogP contribution < -0.4 is 0 Å². The molecule has 23 heavy (non-hydrogen) atoms. The fraction of sp³-hybridized carbons (Fsp3) is 0.353. The Labute approximate surface area is 137 Å². The molecular formula is C17H16FN3OS. The quantitative estimate of drug-likeness (QED) is 0.667. The number of aldehydes is 1. The SMILES string of the molecule is O=Cc1c(-c2ccc(F)cc2)nc2sc(C3CCCCC3)nn12. The van der Waals surface area contributed by atoms with Crippen molar-refractivity contribution in [2.24, 2.45) is 0 Å². The summed E-state index contributed by atoms with van der Waals surface area (Å²) in [6, 6.07) is 6.02. The molecule has 0 unspecified atom stereocenters. The van der Waals surface area contributed by atoms with Gasteiger partial charge in [-0.2, -0.15) is 9.61 Å². The van der Waals surface area contributed by atoms with Gasteiger partial charge in [-0.25, -0.2) is 9.37 Å². The van der Waals surface area contributed by atoms with E-state index in [-0.39, 0.29) is 5.82 Å². The van der Waals surface area contributed by atoms with Gasteiger partial charge in [0.2, 0.25) is 4.96 Å². The van der Waals surface area contributed by atoms with Crippen molar-refractivity contribution in [3.63, 3.8) is 0 Å². The molecule has 6 heteroatoms. The second kappa shape index (κ2) is 5.85. The van der Waals surface area contributed by atoms with Gasteiger partial charge in [0.25, 0.3) is 0 Å². The molecule has 0 saturated heterocycles. The maximum absolute atomic E-state index is 13.1. The molecule has 0 amide bonds. The van der Waals surface area contributed by atoms with Crippen molar-refractivity contribution in [1.29, 1.82) is 0 Å². The average Bonchev–Trinajstić information content (AvgIpc) is 3.14. The van der Waals surface area contributed by atoms with Gasteiger partial charge in [0.05, 0.1) is 0 Å². The van der Waals surface area contributed by atoms with Gasteiger partial charge in [-0.05, 0) is 37.1 Å². The predicted molar refractivity (Wildman–Crippen MR) is 87.5 cm³/mol. The van der Waals surface area contributed by atoms with Crippen LogP contribution in [-0.4, -0.2) is 20.9 Å². The number of hydrogen-bond donors (Lipinski definition) is 0. The highest BCUT2D eigenvalue weighted by Crippen LogP contribution is 2.36. The summed E-state index contributed by atoms with van der Waals surface area (Å²) in [6.45, 7) is 0. The second-order valence-corrected chi connectivity index (χ2v) is 6.93. The van der Waals surface area contributed by atoms with Crippen LogP contribution in [0.2, 0.25) is 0 Å². The van der Waals surface area contributed by atoms with Crippen LogP contribution in [-0.2, 0) is 0 Å². The van der Waals surface area contributed by atoms with E-state index in [2.05, 4.69) is 10.1 Å². The van der Waals surface area contributed by atoms with E-state index in [4.69, 9.17) is 0 Å². The third-order valence-corrected chi connectivity index (χ3v) is 5.51. The van der Waals surface area contributed by atoms with Gasteiger partial charge in [0.1, 0.15) is 22.2 Å². The number of aromatic nitrogens is 3. The predicted octanol–water partition coefficient (Wildman–Crippen LogP) is 4.46. The molecule has 0 bridgehead atoms. The van der Waals surface area contributed by atoms with E-state index in [1.54, 1.807) is 28.0 Å². The Hall–Kier alpha value is -2.08. The van der Waals surface area contributed by atoms with E-state index in [1.165, 1.54) is 31.4 Å². The standard InChI is InChI=1S/C17H16FN3OS/c18-13-8-6-11(7-9-13)15-14(10-22)21-17(19-15)23-16(20-21)12-4-2-1-3-5-12/h6-10,12H,1-5H2. The molecule has 0 radical (unpaired) electrons. The smallest absolute Gasteiger partial charge is 0.213 e. The van der Waals surface area contributed by atoms with Crippen molar-refractivity contribution in [2.75, 3.05) is 0 Å². The summed E-state index contributed by atoms with van der Waals surface area (Å²) in [5.41, 5.74) is 1.73. The number of rotatable bonds is 3. The van der Waals surface area contributed by atoms with Crippen LogP contribution in [0.4, 0.5) is 4.39 Å². The Balaban J connectivity index is 1.77. The minimum Gasteiger partial charge on any atom is -0.296 e. The topological polar surface area (TPSA) is 47.3 Å². The molecule has 0 spiro atoms. The number of benzene rings is 1. The monoisotopic (exact) mass is 329 g/mol.